The number of fused-ring (bicyclic) bond motifs is 1. The van der Waals surface area contributed by atoms with E-state index in [2.05, 4.69) is 10.6 Å². The van der Waals surface area contributed by atoms with E-state index < -0.39 is 33.1 Å². The van der Waals surface area contributed by atoms with Crippen molar-refractivity contribution < 1.29 is 18.0 Å². The van der Waals surface area contributed by atoms with Crippen molar-refractivity contribution in [3.63, 3.8) is 0 Å². The minimum atomic E-state index is -3.61. The summed E-state index contributed by atoms with van der Waals surface area (Å²) in [5, 5.41) is 9.11. The van der Waals surface area contributed by atoms with Gasteiger partial charge < -0.3 is 5.32 Å². The number of hydrogen-bond donors (Lipinski definition) is 3. The van der Waals surface area contributed by atoms with Gasteiger partial charge >= 0.3 is 6.03 Å². The Hall–Kier alpha value is -1.15. The van der Waals surface area contributed by atoms with Crippen LogP contribution >= 0.6 is 0 Å². The van der Waals surface area contributed by atoms with E-state index in [1.807, 2.05) is 0 Å². The zero-order valence-corrected chi connectivity index (χ0v) is 9.29. The molecule has 4 N–H and O–H groups in total. The lowest BCUT2D eigenvalue weighted by molar-refractivity contribution is -0.126. The number of rotatable bonds is 1. The second-order valence-corrected chi connectivity index (χ2v) is 6.04. The molecule has 7 nitrogen and oxygen atoms in total. The van der Waals surface area contributed by atoms with Crippen molar-refractivity contribution in [2.75, 3.05) is 0 Å². The van der Waals surface area contributed by atoms with Gasteiger partial charge in [0.1, 0.15) is 0 Å². The smallest absolute Gasteiger partial charge is 0.321 e. The number of carbonyl (C=O) groups is 2. The van der Waals surface area contributed by atoms with Gasteiger partial charge in [0.2, 0.25) is 15.9 Å². The second kappa shape index (κ2) is 3.70. The maximum atomic E-state index is 11.5. The number of nitrogens with two attached hydrogens (primary N) is 1. The number of primary sulfonamides is 1. The number of nitrogens with one attached hydrogen (secondary N) is 2. The van der Waals surface area contributed by atoms with Gasteiger partial charge in [-0.2, -0.15) is 0 Å². The average Bonchev–Trinajstić information content (AvgIpc) is 2.15. The first-order chi connectivity index (χ1) is 7.38. The quantitative estimate of drug-likeness (QED) is 0.531. The van der Waals surface area contributed by atoms with Gasteiger partial charge in [-0.1, -0.05) is 0 Å². The third kappa shape index (κ3) is 2.03. The Labute approximate surface area is 92.8 Å². The zero-order valence-electron chi connectivity index (χ0n) is 8.47. The zero-order chi connectivity index (χ0) is 11.9. The van der Waals surface area contributed by atoms with Crippen molar-refractivity contribution in [2.45, 2.75) is 30.6 Å². The van der Waals surface area contributed by atoms with Crippen LogP contribution in [0.15, 0.2) is 0 Å². The number of imide groups is 1. The Bertz CT molecular complexity index is 433. The van der Waals surface area contributed by atoms with Gasteiger partial charge in [0.05, 0.1) is 11.2 Å². The molecule has 3 atom stereocenters. The minimum absolute atomic E-state index is 0.176. The lowest BCUT2D eigenvalue weighted by Gasteiger charge is -2.37. The summed E-state index contributed by atoms with van der Waals surface area (Å²) in [6, 6.07) is -0.778. The van der Waals surface area contributed by atoms with E-state index in [4.69, 9.17) is 5.14 Å². The predicted molar refractivity (Wildman–Crippen MR) is 54.7 cm³/mol. The summed E-state index contributed by atoms with van der Waals surface area (Å²) in [4.78, 5) is 22.5. The van der Waals surface area contributed by atoms with Crippen molar-refractivity contribution in [2.24, 2.45) is 11.1 Å². The van der Waals surface area contributed by atoms with Crippen LogP contribution in [0.1, 0.15) is 19.3 Å². The Morgan fingerprint density at radius 3 is 2.56 bits per heavy atom. The van der Waals surface area contributed by atoms with E-state index in [0.29, 0.717) is 12.8 Å². The van der Waals surface area contributed by atoms with Crippen molar-refractivity contribution in [1.29, 1.82) is 0 Å². The molecule has 3 amide bonds. The fraction of sp³-hybridized carbons (Fsp3) is 0.750. The summed E-state index contributed by atoms with van der Waals surface area (Å²) in [6.07, 6.45) is 1.02. The predicted octanol–water partition coefficient (Wildman–Crippen LogP) is -1.35. The Kier molecular flexibility index (Phi) is 2.62. The van der Waals surface area contributed by atoms with Crippen LogP contribution in [0.5, 0.6) is 0 Å². The summed E-state index contributed by atoms with van der Waals surface area (Å²) < 4.78 is 22.4. The van der Waals surface area contributed by atoms with E-state index in [0.717, 1.165) is 0 Å². The van der Waals surface area contributed by atoms with Crippen LogP contribution in [-0.2, 0) is 14.8 Å². The molecule has 8 heteroatoms. The summed E-state index contributed by atoms with van der Waals surface area (Å²) in [7, 11) is -3.61. The van der Waals surface area contributed by atoms with E-state index in [9.17, 15) is 18.0 Å². The van der Waals surface area contributed by atoms with Crippen molar-refractivity contribution in [3.8, 4) is 0 Å². The molecule has 0 bridgehead atoms. The van der Waals surface area contributed by atoms with Gasteiger partial charge in [-0.3, -0.25) is 10.1 Å². The molecule has 0 aromatic rings. The molecule has 1 aliphatic heterocycles. The van der Waals surface area contributed by atoms with Gasteiger partial charge in [-0.25, -0.2) is 18.4 Å². The lowest BCUT2D eigenvalue weighted by Crippen LogP contribution is -2.60. The molecule has 1 aliphatic carbocycles. The molecule has 1 saturated carbocycles. The Balaban J connectivity index is 2.15. The Morgan fingerprint density at radius 1 is 1.25 bits per heavy atom. The summed E-state index contributed by atoms with van der Waals surface area (Å²) in [5.74, 6) is -0.906. The van der Waals surface area contributed by atoms with Gasteiger partial charge in [0.15, 0.2) is 0 Å². The topological polar surface area (TPSA) is 118 Å². The van der Waals surface area contributed by atoms with Crippen LogP contribution in [0, 0.1) is 5.92 Å². The molecule has 3 unspecified atom stereocenters. The molecular formula is C8H13N3O4S. The second-order valence-electron chi connectivity index (χ2n) is 4.20. The van der Waals surface area contributed by atoms with E-state index in [-0.39, 0.29) is 12.5 Å². The summed E-state index contributed by atoms with van der Waals surface area (Å²) in [6.45, 7) is 0. The number of hydrogen-bond acceptors (Lipinski definition) is 4. The highest BCUT2D eigenvalue weighted by Gasteiger charge is 2.42. The van der Waals surface area contributed by atoms with Crippen LogP contribution in [0.3, 0.4) is 0 Å². The molecule has 2 aliphatic rings. The average molecular weight is 247 g/mol. The first-order valence-electron chi connectivity index (χ1n) is 5.01. The standard InChI is InChI=1S/C8H13N3O4S/c9-16(14,15)4-1-2-6-5(3-4)7(12)11-8(13)10-6/h4-6H,1-3H2,(H2,9,14,15)(H2,10,11,12,13). The third-order valence-corrected chi connectivity index (χ3v) is 4.51. The number of urea groups is 1. The maximum absolute atomic E-state index is 11.5. The lowest BCUT2D eigenvalue weighted by atomic mass is 9.82. The van der Waals surface area contributed by atoms with E-state index in [1.165, 1.54) is 0 Å². The highest BCUT2D eigenvalue weighted by molar-refractivity contribution is 7.89. The van der Waals surface area contributed by atoms with Crippen molar-refractivity contribution >= 4 is 22.0 Å². The first-order valence-corrected chi connectivity index (χ1v) is 6.62. The van der Waals surface area contributed by atoms with Crippen LogP contribution in [0.4, 0.5) is 4.79 Å². The first kappa shape index (κ1) is 11.3. The summed E-state index contributed by atoms with van der Waals surface area (Å²) >= 11 is 0. The number of amides is 3. The van der Waals surface area contributed by atoms with Crippen LogP contribution in [0.2, 0.25) is 0 Å². The normalized spacial score (nSPS) is 34.9. The largest absolute Gasteiger partial charge is 0.334 e. The fourth-order valence-corrected chi connectivity index (χ4v) is 3.24. The van der Waals surface area contributed by atoms with Gasteiger partial charge in [-0.15, -0.1) is 0 Å². The molecule has 1 saturated heterocycles. The molecule has 2 rings (SSSR count). The highest BCUT2D eigenvalue weighted by Crippen LogP contribution is 2.29. The molecule has 16 heavy (non-hydrogen) atoms. The fourth-order valence-electron chi connectivity index (χ4n) is 2.30. The maximum Gasteiger partial charge on any atom is 0.321 e. The van der Waals surface area contributed by atoms with E-state index in [1.54, 1.807) is 0 Å². The van der Waals surface area contributed by atoms with Gasteiger partial charge in [0.25, 0.3) is 0 Å². The van der Waals surface area contributed by atoms with Crippen molar-refractivity contribution in [3.05, 3.63) is 0 Å². The Morgan fingerprint density at radius 2 is 1.94 bits per heavy atom. The van der Waals surface area contributed by atoms with Crippen LogP contribution in [-0.4, -0.2) is 31.6 Å². The van der Waals surface area contributed by atoms with Gasteiger partial charge in [-0.05, 0) is 19.3 Å². The molecular weight excluding hydrogens is 234 g/mol. The third-order valence-electron chi connectivity index (χ3n) is 3.16. The molecule has 0 radical (unpaired) electrons. The highest BCUT2D eigenvalue weighted by atomic mass is 32.2. The monoisotopic (exact) mass is 247 g/mol. The molecule has 0 aromatic heterocycles. The number of sulfonamides is 1. The van der Waals surface area contributed by atoms with Crippen LogP contribution in [0.25, 0.3) is 0 Å². The van der Waals surface area contributed by atoms with Gasteiger partial charge in [0, 0.05) is 6.04 Å². The SMILES string of the molecule is NS(=O)(=O)C1CCC2NC(=O)NC(=O)C2C1. The molecule has 1 heterocycles. The van der Waals surface area contributed by atoms with E-state index >= 15 is 0 Å². The van der Waals surface area contributed by atoms with Crippen molar-refractivity contribution in [1.82, 2.24) is 10.6 Å². The number of carbonyl (C=O) groups excluding carboxylic acids is 2. The van der Waals surface area contributed by atoms with Crippen LogP contribution < -0.4 is 15.8 Å². The molecule has 0 spiro atoms. The summed E-state index contributed by atoms with van der Waals surface area (Å²) in [5.41, 5.74) is 0. The molecule has 0 aromatic carbocycles. The molecule has 90 valence electrons. The minimum Gasteiger partial charge on any atom is -0.334 e. The molecule has 2 fully saturated rings.